The Hall–Kier alpha value is -4.50. The Morgan fingerprint density at radius 2 is 1.16 bits per heavy atom. The molecule has 2 fully saturated rings. The first-order valence-electron chi connectivity index (χ1n) is 15.7. The van der Waals surface area contributed by atoms with E-state index in [0.717, 1.165) is 47.3 Å². The lowest BCUT2D eigenvalue weighted by atomic mass is 9.85. The van der Waals surface area contributed by atoms with Crippen molar-refractivity contribution in [1.29, 1.82) is 0 Å². The van der Waals surface area contributed by atoms with Gasteiger partial charge in [-0.25, -0.2) is 19.9 Å². The van der Waals surface area contributed by atoms with E-state index in [4.69, 9.17) is 0 Å². The molecule has 7 aromatic rings. The minimum atomic E-state index is 0.557. The van der Waals surface area contributed by atoms with Crippen molar-refractivity contribution in [3.63, 3.8) is 0 Å². The number of hydrogen-bond donors (Lipinski definition) is 4. The van der Waals surface area contributed by atoms with Crippen molar-refractivity contribution in [3.8, 4) is 0 Å². The minimum absolute atomic E-state index is 0.557. The molecule has 0 radical (unpaired) electrons. The number of benzene rings is 1. The summed E-state index contributed by atoms with van der Waals surface area (Å²) in [5, 5.41) is 18.2. The van der Waals surface area contributed by atoms with E-state index in [1.807, 2.05) is 24.8 Å². The molecule has 1 saturated heterocycles. The number of aromatic amines is 4. The standard InChI is InChI=1S/C20H21N5.C14H16N4/c1-2-4-14(5-3-1)13-25-10-7-15(8-11-25)19-18-16-6-9-21-20(16)22-12-17(18)23-24-19;1-2-4-9(5-3-1)13-12-10-6-7-15-14(10)16-8-11(12)17-18-13/h1-6,9,12,15,23-24H,7-8,10-11,13H2;6-9,17-18H,1-5H2. The van der Waals surface area contributed by atoms with Gasteiger partial charge in [-0.2, -0.15) is 0 Å². The molecule has 9 rings (SSSR count). The summed E-state index contributed by atoms with van der Waals surface area (Å²) in [6, 6.07) is 14.9. The fraction of sp³-hybridized carbons (Fsp3) is 0.353. The Balaban J connectivity index is 0.000000136. The number of nitrogens with zero attached hydrogens (tertiary/aromatic N) is 5. The van der Waals surface area contributed by atoms with E-state index in [9.17, 15) is 0 Å². The van der Waals surface area contributed by atoms with E-state index >= 15 is 0 Å². The average Bonchev–Trinajstić information content (AvgIpc) is 3.87. The molecule has 43 heavy (non-hydrogen) atoms. The quantitative estimate of drug-likeness (QED) is 0.177. The van der Waals surface area contributed by atoms with Gasteiger partial charge in [0.25, 0.3) is 0 Å². The Labute approximate surface area is 249 Å². The molecule has 0 amide bonds. The third-order valence-electron chi connectivity index (χ3n) is 9.53. The molecule has 0 unspecified atom stereocenters. The van der Waals surface area contributed by atoms with Crippen LogP contribution < -0.4 is 0 Å². The Kier molecular flexibility index (Phi) is 6.87. The molecule has 4 N–H and O–H groups in total. The van der Waals surface area contributed by atoms with Crippen LogP contribution in [0.25, 0.3) is 43.9 Å². The number of piperidine rings is 1. The van der Waals surface area contributed by atoms with E-state index in [0.29, 0.717) is 11.8 Å². The summed E-state index contributed by atoms with van der Waals surface area (Å²) in [6.45, 7) is 3.31. The molecule has 0 atom stereocenters. The molecule has 9 heteroatoms. The van der Waals surface area contributed by atoms with Gasteiger partial charge in [-0.3, -0.25) is 15.1 Å². The zero-order chi connectivity index (χ0) is 28.6. The van der Waals surface area contributed by atoms with Crippen molar-refractivity contribution >= 4 is 43.9 Å². The van der Waals surface area contributed by atoms with Crippen LogP contribution >= 0.6 is 0 Å². The number of nitrogens with one attached hydrogen (secondary N) is 4. The van der Waals surface area contributed by atoms with Crippen molar-refractivity contribution in [3.05, 3.63) is 84.2 Å². The van der Waals surface area contributed by atoms with Gasteiger partial charge < -0.3 is 10.2 Å². The van der Waals surface area contributed by atoms with E-state index in [1.54, 1.807) is 0 Å². The summed E-state index contributed by atoms with van der Waals surface area (Å²) in [5.41, 5.74) is 7.92. The number of likely N-dealkylation sites (tertiary alicyclic amines) is 1. The van der Waals surface area contributed by atoms with Crippen molar-refractivity contribution in [2.24, 2.45) is 0 Å². The fourth-order valence-electron chi connectivity index (χ4n) is 7.31. The highest BCUT2D eigenvalue weighted by Gasteiger charge is 2.25. The first kappa shape index (κ1) is 26.2. The lowest BCUT2D eigenvalue weighted by molar-refractivity contribution is 0.203. The van der Waals surface area contributed by atoms with Gasteiger partial charge in [0, 0.05) is 63.7 Å². The van der Waals surface area contributed by atoms with E-state index in [-0.39, 0.29) is 0 Å². The summed E-state index contributed by atoms with van der Waals surface area (Å²) in [6.07, 6.45) is 16.5. The van der Waals surface area contributed by atoms with Crippen LogP contribution in [0, 0.1) is 0 Å². The predicted molar refractivity (Wildman–Crippen MR) is 171 cm³/mol. The van der Waals surface area contributed by atoms with E-state index < -0.39 is 0 Å². The largest absolute Gasteiger partial charge is 0.304 e. The lowest BCUT2D eigenvalue weighted by Crippen LogP contribution is -2.32. The average molecular weight is 572 g/mol. The molecule has 7 heterocycles. The van der Waals surface area contributed by atoms with Gasteiger partial charge in [0.05, 0.1) is 23.4 Å². The zero-order valence-corrected chi connectivity index (χ0v) is 24.3. The molecule has 1 aliphatic heterocycles. The van der Waals surface area contributed by atoms with Gasteiger partial charge in [0.1, 0.15) is 0 Å². The minimum Gasteiger partial charge on any atom is -0.304 e. The van der Waals surface area contributed by atoms with Gasteiger partial charge in [-0.05, 0) is 56.5 Å². The number of aromatic nitrogens is 8. The summed E-state index contributed by atoms with van der Waals surface area (Å²) in [5.74, 6) is 1.22. The Morgan fingerprint density at radius 3 is 1.74 bits per heavy atom. The normalized spacial score (nSPS) is 17.2. The molecular weight excluding hydrogens is 534 g/mol. The zero-order valence-electron chi connectivity index (χ0n) is 24.3. The lowest BCUT2D eigenvalue weighted by Gasteiger charge is -2.31. The number of hydrogen-bond acceptors (Lipinski definition) is 5. The summed E-state index contributed by atoms with van der Waals surface area (Å²) < 4.78 is 0. The van der Waals surface area contributed by atoms with Gasteiger partial charge in [0.15, 0.2) is 11.3 Å². The Morgan fingerprint density at radius 1 is 0.605 bits per heavy atom. The highest BCUT2D eigenvalue weighted by Crippen LogP contribution is 2.37. The molecule has 218 valence electrons. The molecule has 9 nitrogen and oxygen atoms in total. The van der Waals surface area contributed by atoms with Crippen LogP contribution in [0.4, 0.5) is 0 Å². The SMILES string of the molecule is c1cc2c(n1)ncc1[nH][nH]c(C3CCCCC3)c12.c1ccc(CN2CCC(c3[nH][nH]c4cnc5nccc5c34)CC2)cc1. The van der Waals surface area contributed by atoms with Crippen molar-refractivity contribution in [2.45, 2.75) is 63.3 Å². The smallest absolute Gasteiger partial charge is 0.159 e. The first-order chi connectivity index (χ1) is 21.3. The highest BCUT2D eigenvalue weighted by molar-refractivity contribution is 6.05. The van der Waals surface area contributed by atoms with Crippen LogP contribution in [-0.2, 0) is 6.54 Å². The summed E-state index contributed by atoms with van der Waals surface area (Å²) >= 11 is 0. The maximum Gasteiger partial charge on any atom is 0.159 e. The van der Waals surface area contributed by atoms with Crippen molar-refractivity contribution in [2.75, 3.05) is 13.1 Å². The Bertz CT molecular complexity index is 1960. The van der Waals surface area contributed by atoms with Crippen LogP contribution in [0.3, 0.4) is 0 Å². The van der Waals surface area contributed by atoms with Crippen LogP contribution in [0.5, 0.6) is 0 Å². The highest BCUT2D eigenvalue weighted by atomic mass is 15.1. The van der Waals surface area contributed by atoms with Crippen LogP contribution in [0.2, 0.25) is 0 Å². The van der Waals surface area contributed by atoms with Crippen molar-refractivity contribution < 1.29 is 0 Å². The third kappa shape index (κ3) is 4.97. The van der Waals surface area contributed by atoms with Crippen LogP contribution in [0.15, 0.2) is 67.3 Å². The van der Waals surface area contributed by atoms with Crippen LogP contribution in [0.1, 0.15) is 73.7 Å². The number of rotatable bonds is 4. The van der Waals surface area contributed by atoms with Gasteiger partial charge >= 0.3 is 0 Å². The fourth-order valence-corrected chi connectivity index (χ4v) is 7.31. The summed E-state index contributed by atoms with van der Waals surface area (Å²) in [4.78, 5) is 20.0. The molecule has 0 spiro atoms. The van der Waals surface area contributed by atoms with Gasteiger partial charge in [-0.15, -0.1) is 0 Å². The molecular formula is C34H37N9. The van der Waals surface area contributed by atoms with Crippen LogP contribution in [-0.4, -0.2) is 58.3 Å². The van der Waals surface area contributed by atoms with E-state index in [2.05, 4.69) is 87.7 Å². The number of fused-ring (bicyclic) bond motifs is 6. The molecule has 1 saturated carbocycles. The second-order valence-corrected chi connectivity index (χ2v) is 12.2. The van der Waals surface area contributed by atoms with E-state index in [1.165, 1.54) is 78.1 Å². The predicted octanol–water partition coefficient (Wildman–Crippen LogP) is 7.31. The molecule has 2 aliphatic rings. The monoisotopic (exact) mass is 571 g/mol. The molecule has 1 aromatic carbocycles. The van der Waals surface area contributed by atoms with Gasteiger partial charge in [-0.1, -0.05) is 49.6 Å². The maximum absolute atomic E-state index is 4.42. The molecule has 6 aromatic heterocycles. The van der Waals surface area contributed by atoms with Crippen molar-refractivity contribution in [1.82, 2.24) is 45.2 Å². The van der Waals surface area contributed by atoms with Gasteiger partial charge in [0.2, 0.25) is 0 Å². The topological polar surface area (TPSA) is 118 Å². The summed E-state index contributed by atoms with van der Waals surface area (Å²) in [7, 11) is 0. The number of H-pyrrole nitrogens is 4. The second kappa shape index (κ2) is 11.3. The first-order valence-corrected chi connectivity index (χ1v) is 15.7. The number of pyridine rings is 2. The second-order valence-electron chi connectivity index (χ2n) is 12.2. The molecule has 1 aliphatic carbocycles. The maximum atomic E-state index is 4.42. The molecule has 0 bridgehead atoms. The third-order valence-corrected chi connectivity index (χ3v) is 9.53.